The van der Waals surface area contributed by atoms with Crippen LogP contribution in [0.25, 0.3) is 11.3 Å². The lowest BCUT2D eigenvalue weighted by Gasteiger charge is -2.06. The number of nitrogens with one attached hydrogen (secondary N) is 1. The predicted octanol–water partition coefficient (Wildman–Crippen LogP) is 3.23. The summed E-state index contributed by atoms with van der Waals surface area (Å²) in [5.74, 6) is 0.935. The lowest BCUT2D eigenvalue weighted by Crippen LogP contribution is -2.19. The summed E-state index contributed by atoms with van der Waals surface area (Å²) < 4.78 is 18.5. The highest BCUT2D eigenvalue weighted by atomic mass is 19.1. The standard InChI is InChI=1S/C14H17FN2O/c1-10(2)7-16-8-13-14(18-9-17-13)11-4-3-5-12(15)6-11/h3-6,9-10,16H,7-8H2,1-2H3. The Bertz CT molecular complexity index is 508. The van der Waals surface area contributed by atoms with Crippen LogP contribution in [0, 0.1) is 11.7 Å². The highest BCUT2D eigenvalue weighted by molar-refractivity contribution is 5.59. The molecule has 1 heterocycles. The molecule has 0 amide bonds. The molecule has 0 unspecified atom stereocenters. The van der Waals surface area contributed by atoms with Gasteiger partial charge < -0.3 is 9.73 Å². The van der Waals surface area contributed by atoms with Crippen LogP contribution in [0.5, 0.6) is 0 Å². The minimum atomic E-state index is -0.273. The first-order chi connectivity index (χ1) is 8.66. The van der Waals surface area contributed by atoms with Crippen LogP contribution in [0.4, 0.5) is 4.39 Å². The molecule has 0 aliphatic rings. The van der Waals surface area contributed by atoms with Crippen molar-refractivity contribution < 1.29 is 8.81 Å². The van der Waals surface area contributed by atoms with Gasteiger partial charge in [0.1, 0.15) is 11.5 Å². The van der Waals surface area contributed by atoms with E-state index in [1.807, 2.05) is 6.07 Å². The predicted molar refractivity (Wildman–Crippen MR) is 68.4 cm³/mol. The molecule has 0 bridgehead atoms. The van der Waals surface area contributed by atoms with Crippen molar-refractivity contribution in [2.24, 2.45) is 5.92 Å². The molecule has 18 heavy (non-hydrogen) atoms. The zero-order valence-corrected chi connectivity index (χ0v) is 10.6. The van der Waals surface area contributed by atoms with Crippen LogP contribution in [0.1, 0.15) is 19.5 Å². The molecule has 0 saturated heterocycles. The summed E-state index contributed by atoms with van der Waals surface area (Å²) in [6, 6.07) is 6.34. The zero-order valence-electron chi connectivity index (χ0n) is 10.6. The largest absolute Gasteiger partial charge is 0.443 e. The second-order valence-electron chi connectivity index (χ2n) is 4.66. The smallest absolute Gasteiger partial charge is 0.181 e. The first kappa shape index (κ1) is 12.8. The van der Waals surface area contributed by atoms with Crippen molar-refractivity contribution >= 4 is 0 Å². The van der Waals surface area contributed by atoms with E-state index in [2.05, 4.69) is 24.1 Å². The summed E-state index contributed by atoms with van der Waals surface area (Å²) in [6.45, 7) is 5.82. The summed E-state index contributed by atoms with van der Waals surface area (Å²) in [5.41, 5.74) is 1.52. The quantitative estimate of drug-likeness (QED) is 0.882. The molecule has 4 heteroatoms. The first-order valence-electron chi connectivity index (χ1n) is 6.06. The van der Waals surface area contributed by atoms with Crippen LogP contribution in [0.3, 0.4) is 0 Å². The Labute approximate surface area is 106 Å². The van der Waals surface area contributed by atoms with Crippen molar-refractivity contribution in [2.75, 3.05) is 6.54 Å². The maximum Gasteiger partial charge on any atom is 0.181 e. The van der Waals surface area contributed by atoms with Crippen molar-refractivity contribution in [3.63, 3.8) is 0 Å². The third-order valence-corrected chi connectivity index (χ3v) is 2.57. The van der Waals surface area contributed by atoms with Crippen LogP contribution in [-0.2, 0) is 6.54 Å². The van der Waals surface area contributed by atoms with E-state index in [9.17, 15) is 4.39 Å². The molecule has 0 aliphatic carbocycles. The Balaban J connectivity index is 2.12. The molecule has 0 spiro atoms. The Morgan fingerprint density at radius 2 is 2.22 bits per heavy atom. The molecule has 2 aromatic rings. The Morgan fingerprint density at radius 1 is 1.39 bits per heavy atom. The molecular weight excluding hydrogens is 231 g/mol. The molecule has 0 aliphatic heterocycles. The molecule has 2 rings (SSSR count). The molecule has 0 radical (unpaired) electrons. The van der Waals surface area contributed by atoms with Crippen molar-refractivity contribution in [3.05, 3.63) is 42.2 Å². The van der Waals surface area contributed by atoms with E-state index in [-0.39, 0.29) is 5.82 Å². The first-order valence-corrected chi connectivity index (χ1v) is 6.06. The van der Waals surface area contributed by atoms with Gasteiger partial charge >= 0.3 is 0 Å². The summed E-state index contributed by atoms with van der Waals surface area (Å²) in [7, 11) is 0. The van der Waals surface area contributed by atoms with Gasteiger partial charge in [0.15, 0.2) is 12.2 Å². The highest BCUT2D eigenvalue weighted by Crippen LogP contribution is 2.23. The van der Waals surface area contributed by atoms with Gasteiger partial charge in [0.05, 0.1) is 0 Å². The Hall–Kier alpha value is -1.68. The number of nitrogens with zero attached hydrogens (tertiary/aromatic N) is 1. The molecule has 1 aromatic heterocycles. The molecule has 0 fully saturated rings. The van der Waals surface area contributed by atoms with Gasteiger partial charge in [-0.15, -0.1) is 0 Å². The normalized spacial score (nSPS) is 11.1. The summed E-state index contributed by atoms with van der Waals surface area (Å²) in [5, 5.41) is 3.30. The van der Waals surface area contributed by atoms with Crippen molar-refractivity contribution in [1.29, 1.82) is 0 Å². The van der Waals surface area contributed by atoms with E-state index in [1.165, 1.54) is 18.5 Å². The number of rotatable bonds is 5. The maximum absolute atomic E-state index is 13.2. The summed E-state index contributed by atoms with van der Waals surface area (Å²) >= 11 is 0. The topological polar surface area (TPSA) is 38.1 Å². The number of aromatic nitrogens is 1. The van der Waals surface area contributed by atoms with E-state index < -0.39 is 0 Å². The Kier molecular flexibility index (Phi) is 4.10. The molecule has 0 atom stereocenters. The average molecular weight is 248 g/mol. The summed E-state index contributed by atoms with van der Waals surface area (Å²) in [6.07, 6.45) is 1.40. The van der Waals surface area contributed by atoms with Crippen LogP contribution >= 0.6 is 0 Å². The average Bonchev–Trinajstić information content (AvgIpc) is 2.77. The minimum Gasteiger partial charge on any atom is -0.443 e. The van der Waals surface area contributed by atoms with Gasteiger partial charge in [-0.2, -0.15) is 0 Å². The van der Waals surface area contributed by atoms with E-state index >= 15 is 0 Å². The molecule has 3 nitrogen and oxygen atoms in total. The van der Waals surface area contributed by atoms with E-state index in [1.54, 1.807) is 6.07 Å². The third kappa shape index (κ3) is 3.17. The van der Waals surface area contributed by atoms with Crippen molar-refractivity contribution in [2.45, 2.75) is 20.4 Å². The SMILES string of the molecule is CC(C)CNCc1ncoc1-c1cccc(F)c1. The van der Waals surface area contributed by atoms with Gasteiger partial charge in [-0.3, -0.25) is 0 Å². The van der Waals surface area contributed by atoms with Gasteiger partial charge in [-0.05, 0) is 24.6 Å². The fraction of sp³-hybridized carbons (Fsp3) is 0.357. The van der Waals surface area contributed by atoms with Gasteiger partial charge in [-0.25, -0.2) is 9.37 Å². The van der Waals surface area contributed by atoms with Crippen LogP contribution in [0.2, 0.25) is 0 Å². The second-order valence-corrected chi connectivity index (χ2v) is 4.66. The fourth-order valence-corrected chi connectivity index (χ4v) is 1.74. The number of oxazole rings is 1. The fourth-order valence-electron chi connectivity index (χ4n) is 1.74. The number of hydrogen-bond acceptors (Lipinski definition) is 3. The van der Waals surface area contributed by atoms with Crippen molar-refractivity contribution in [1.82, 2.24) is 10.3 Å². The number of hydrogen-bond donors (Lipinski definition) is 1. The van der Waals surface area contributed by atoms with Crippen LogP contribution in [-0.4, -0.2) is 11.5 Å². The Morgan fingerprint density at radius 3 is 2.94 bits per heavy atom. The minimum absolute atomic E-state index is 0.273. The lowest BCUT2D eigenvalue weighted by atomic mass is 10.1. The highest BCUT2D eigenvalue weighted by Gasteiger charge is 2.11. The van der Waals surface area contributed by atoms with Gasteiger partial charge in [0, 0.05) is 12.1 Å². The van der Waals surface area contributed by atoms with Crippen LogP contribution in [0.15, 0.2) is 35.1 Å². The molecule has 96 valence electrons. The maximum atomic E-state index is 13.2. The van der Waals surface area contributed by atoms with E-state index in [4.69, 9.17) is 4.42 Å². The number of benzene rings is 1. The second kappa shape index (κ2) is 5.78. The molecule has 1 aromatic carbocycles. The van der Waals surface area contributed by atoms with E-state index in [0.717, 1.165) is 12.2 Å². The van der Waals surface area contributed by atoms with Gasteiger partial charge in [0.25, 0.3) is 0 Å². The monoisotopic (exact) mass is 248 g/mol. The summed E-state index contributed by atoms with van der Waals surface area (Å²) in [4.78, 5) is 4.17. The lowest BCUT2D eigenvalue weighted by molar-refractivity contribution is 0.544. The van der Waals surface area contributed by atoms with Crippen molar-refractivity contribution in [3.8, 4) is 11.3 Å². The van der Waals surface area contributed by atoms with Crippen LogP contribution < -0.4 is 5.32 Å². The van der Waals surface area contributed by atoms with Gasteiger partial charge in [0.2, 0.25) is 0 Å². The zero-order chi connectivity index (χ0) is 13.0. The molecule has 1 N–H and O–H groups in total. The number of halogens is 1. The third-order valence-electron chi connectivity index (χ3n) is 2.57. The van der Waals surface area contributed by atoms with Gasteiger partial charge in [-0.1, -0.05) is 26.0 Å². The molecular formula is C14H17FN2O. The molecule has 0 saturated carbocycles. The van der Waals surface area contributed by atoms with E-state index in [0.29, 0.717) is 23.8 Å².